The number of nitriles is 1. The van der Waals surface area contributed by atoms with Gasteiger partial charge in [0, 0.05) is 23.4 Å². The normalized spacial score (nSPS) is 11.5. The van der Waals surface area contributed by atoms with Crippen molar-refractivity contribution in [3.8, 4) is 11.9 Å². The minimum Gasteiger partial charge on any atom is -0.370 e. The van der Waals surface area contributed by atoms with Crippen LogP contribution in [0.3, 0.4) is 0 Å². The van der Waals surface area contributed by atoms with Gasteiger partial charge in [0.2, 0.25) is 5.95 Å². The van der Waals surface area contributed by atoms with Crippen molar-refractivity contribution in [3.05, 3.63) is 35.1 Å². The van der Waals surface area contributed by atoms with Crippen LogP contribution in [0.2, 0.25) is 0 Å². The molecular formula is C13H11N11. The van der Waals surface area contributed by atoms with Gasteiger partial charge in [-0.05, 0) is 12.5 Å². The molecule has 0 radical (unpaired) electrons. The summed E-state index contributed by atoms with van der Waals surface area (Å²) in [6.07, 6.45) is 4.54. The second kappa shape index (κ2) is 6.07. The van der Waals surface area contributed by atoms with Crippen LogP contribution in [-0.4, -0.2) is 30.8 Å². The zero-order chi connectivity index (χ0) is 17.1. The van der Waals surface area contributed by atoms with Crippen LogP contribution in [0.1, 0.15) is 6.92 Å². The number of pyridine rings is 1. The maximum atomic E-state index is 8.96. The molecule has 3 aromatic rings. The highest BCUT2D eigenvalue weighted by molar-refractivity contribution is 5.76. The van der Waals surface area contributed by atoms with Gasteiger partial charge in [-0.2, -0.15) is 20.0 Å². The zero-order valence-corrected chi connectivity index (χ0v) is 12.5. The summed E-state index contributed by atoms with van der Waals surface area (Å²) in [4.78, 5) is 15.0. The number of nitrogens with one attached hydrogen (secondary N) is 1. The molecule has 118 valence electrons. The second-order valence-electron chi connectivity index (χ2n) is 4.81. The third-order valence-electron chi connectivity index (χ3n) is 3.13. The van der Waals surface area contributed by atoms with Crippen molar-refractivity contribution in [1.29, 1.82) is 5.26 Å². The summed E-state index contributed by atoms with van der Waals surface area (Å²) in [5.74, 6) is 0.541. The van der Waals surface area contributed by atoms with Gasteiger partial charge in [0.05, 0.1) is 29.0 Å². The largest absolute Gasteiger partial charge is 0.370 e. The molecule has 0 saturated carbocycles. The number of fused-ring (bicyclic) bond motifs is 1. The van der Waals surface area contributed by atoms with Gasteiger partial charge in [-0.3, -0.25) is 0 Å². The van der Waals surface area contributed by atoms with Crippen LogP contribution in [0.15, 0.2) is 29.8 Å². The van der Waals surface area contributed by atoms with Gasteiger partial charge in [-0.15, -0.1) is 0 Å². The second-order valence-corrected chi connectivity index (χ2v) is 4.81. The van der Waals surface area contributed by atoms with Crippen molar-refractivity contribution < 1.29 is 0 Å². The Morgan fingerprint density at radius 3 is 3.00 bits per heavy atom. The molecule has 0 aliphatic rings. The maximum Gasteiger partial charge on any atom is 0.222 e. The van der Waals surface area contributed by atoms with Crippen LogP contribution in [0, 0.1) is 11.3 Å². The van der Waals surface area contributed by atoms with Gasteiger partial charge in [-0.1, -0.05) is 5.11 Å². The molecule has 0 unspecified atom stereocenters. The van der Waals surface area contributed by atoms with Crippen molar-refractivity contribution in [3.63, 3.8) is 0 Å². The van der Waals surface area contributed by atoms with Crippen LogP contribution in [0.4, 0.5) is 17.3 Å². The highest BCUT2D eigenvalue weighted by Gasteiger charge is 2.12. The van der Waals surface area contributed by atoms with Crippen molar-refractivity contribution in [2.45, 2.75) is 13.0 Å². The molecule has 0 bridgehead atoms. The fraction of sp³-hybridized carbons (Fsp3) is 0.154. The molecule has 11 nitrogen and oxygen atoms in total. The maximum absolute atomic E-state index is 8.96. The summed E-state index contributed by atoms with van der Waals surface area (Å²) < 4.78 is 1.48. The summed E-state index contributed by atoms with van der Waals surface area (Å²) in [6, 6.07) is 3.18. The summed E-state index contributed by atoms with van der Waals surface area (Å²) in [6.45, 7) is 1.68. The molecule has 0 fully saturated rings. The Morgan fingerprint density at radius 2 is 2.25 bits per heavy atom. The summed E-state index contributed by atoms with van der Waals surface area (Å²) >= 11 is 0. The number of nitrogen functional groups attached to an aromatic ring is 1. The van der Waals surface area contributed by atoms with E-state index in [4.69, 9.17) is 16.5 Å². The Balaban J connectivity index is 2.13. The number of azide groups is 1. The first-order chi connectivity index (χ1) is 11.6. The van der Waals surface area contributed by atoms with Crippen LogP contribution in [0.5, 0.6) is 0 Å². The van der Waals surface area contributed by atoms with Crippen LogP contribution in [0.25, 0.3) is 27.3 Å². The lowest BCUT2D eigenvalue weighted by atomic mass is 10.3. The van der Waals surface area contributed by atoms with E-state index in [1.165, 1.54) is 10.9 Å². The van der Waals surface area contributed by atoms with E-state index in [1.807, 2.05) is 6.07 Å². The minimum atomic E-state index is -0.486. The summed E-state index contributed by atoms with van der Waals surface area (Å²) in [7, 11) is 0. The molecule has 3 aromatic heterocycles. The highest BCUT2D eigenvalue weighted by Crippen LogP contribution is 2.27. The molecule has 24 heavy (non-hydrogen) atoms. The number of hydrogen-bond donors (Lipinski definition) is 2. The fourth-order valence-corrected chi connectivity index (χ4v) is 2.06. The molecule has 0 spiro atoms. The fourth-order valence-electron chi connectivity index (χ4n) is 2.06. The van der Waals surface area contributed by atoms with Crippen LogP contribution in [-0.2, 0) is 0 Å². The van der Waals surface area contributed by atoms with E-state index in [0.717, 1.165) is 0 Å². The Morgan fingerprint density at radius 1 is 1.42 bits per heavy atom. The molecule has 1 atom stereocenters. The van der Waals surface area contributed by atoms with Gasteiger partial charge >= 0.3 is 0 Å². The van der Waals surface area contributed by atoms with E-state index < -0.39 is 6.04 Å². The molecule has 3 rings (SSSR count). The van der Waals surface area contributed by atoms with Crippen molar-refractivity contribution in [1.82, 2.24) is 24.7 Å². The van der Waals surface area contributed by atoms with E-state index in [1.54, 1.807) is 25.4 Å². The molecule has 11 heteroatoms. The van der Waals surface area contributed by atoms with Crippen LogP contribution < -0.4 is 11.1 Å². The van der Waals surface area contributed by atoms with Crippen molar-refractivity contribution >= 4 is 28.4 Å². The highest BCUT2D eigenvalue weighted by atomic mass is 15.3. The average Bonchev–Trinajstić information content (AvgIpc) is 2.99. The Kier molecular flexibility index (Phi) is 3.80. The lowest BCUT2D eigenvalue weighted by Crippen LogP contribution is -2.13. The Bertz CT molecular complexity index is 993. The first-order valence-electron chi connectivity index (χ1n) is 6.80. The van der Waals surface area contributed by atoms with E-state index in [-0.39, 0.29) is 11.6 Å². The van der Waals surface area contributed by atoms with E-state index in [2.05, 4.69) is 35.4 Å². The van der Waals surface area contributed by atoms with E-state index in [9.17, 15) is 0 Å². The third-order valence-corrected chi connectivity index (χ3v) is 3.13. The van der Waals surface area contributed by atoms with Crippen molar-refractivity contribution in [2.24, 2.45) is 5.11 Å². The lowest BCUT2D eigenvalue weighted by Gasteiger charge is -2.12. The van der Waals surface area contributed by atoms with Gasteiger partial charge in [-0.25, -0.2) is 9.97 Å². The predicted octanol–water partition coefficient (Wildman–Crippen LogP) is 2.06. The van der Waals surface area contributed by atoms with Gasteiger partial charge in [0.1, 0.15) is 6.04 Å². The first kappa shape index (κ1) is 15.0. The quantitative estimate of drug-likeness (QED) is 0.421. The summed E-state index contributed by atoms with van der Waals surface area (Å²) in [5, 5.41) is 20.4. The van der Waals surface area contributed by atoms with Gasteiger partial charge in [0.25, 0.3) is 0 Å². The Hall–Kier alpha value is -3.90. The SMILES string of the molecule is C[C@H](C#N)Nc1cc(-n2ncc3cnc(N)nc32)ncc1N=[N+]=[N-]. The monoisotopic (exact) mass is 321 g/mol. The van der Waals surface area contributed by atoms with Crippen LogP contribution >= 0.6 is 0 Å². The molecule has 0 saturated heterocycles. The number of rotatable bonds is 4. The van der Waals surface area contributed by atoms with Gasteiger partial charge in [0.15, 0.2) is 11.5 Å². The molecule has 3 heterocycles. The third kappa shape index (κ3) is 2.72. The Labute approximate surface area is 135 Å². The molecular weight excluding hydrogens is 310 g/mol. The molecule has 0 aliphatic carbocycles. The number of hydrogen-bond acceptors (Lipinski definition) is 8. The predicted molar refractivity (Wildman–Crippen MR) is 86.4 cm³/mol. The first-order valence-corrected chi connectivity index (χ1v) is 6.80. The number of nitrogens with two attached hydrogens (primary N) is 1. The number of nitrogens with zero attached hydrogens (tertiary/aromatic N) is 9. The van der Waals surface area contributed by atoms with Crippen molar-refractivity contribution in [2.75, 3.05) is 11.1 Å². The molecule has 3 N–H and O–H groups in total. The van der Waals surface area contributed by atoms with E-state index >= 15 is 0 Å². The lowest BCUT2D eigenvalue weighted by molar-refractivity contribution is 0.861. The topological polar surface area (TPSA) is 167 Å². The molecule has 0 amide bonds. The van der Waals surface area contributed by atoms with Gasteiger partial charge < -0.3 is 11.1 Å². The average molecular weight is 321 g/mol. The standard InChI is InChI=1S/C13H11N11/c1-7(3-14)20-9-2-11(17-6-10(9)22-23-16)24-12-8(5-19-24)4-18-13(15)21-12/h2,4-7H,1H3,(H,17,20)(H2,15,18,21)/t7-/m1/s1. The summed E-state index contributed by atoms with van der Waals surface area (Å²) in [5.41, 5.74) is 15.5. The molecule has 0 aliphatic heterocycles. The van der Waals surface area contributed by atoms with E-state index in [0.29, 0.717) is 22.5 Å². The number of anilines is 2. The minimum absolute atomic E-state index is 0.117. The number of aromatic nitrogens is 5. The smallest absolute Gasteiger partial charge is 0.222 e. The zero-order valence-electron chi connectivity index (χ0n) is 12.5. The molecule has 0 aromatic carbocycles.